The lowest BCUT2D eigenvalue weighted by Crippen LogP contribution is -2.11. The largest absolute Gasteiger partial charge is 0.309 e. The van der Waals surface area contributed by atoms with Crippen LogP contribution in [0.2, 0.25) is 0 Å². The molecule has 0 aliphatic heterocycles. The fourth-order valence-corrected chi connectivity index (χ4v) is 2.41. The molecular weight excluding hydrogens is 274 g/mol. The van der Waals surface area contributed by atoms with Crippen LogP contribution < -0.4 is 5.32 Å². The Kier molecular flexibility index (Phi) is 4.19. The maximum atomic E-state index is 12.0. The number of carbonyl (C=O) groups excluding carboxylic acids is 1. The maximum absolute atomic E-state index is 12.0. The number of anilines is 1. The van der Waals surface area contributed by atoms with E-state index in [4.69, 9.17) is 0 Å². The van der Waals surface area contributed by atoms with Crippen molar-refractivity contribution >= 4 is 17.4 Å². The third-order valence-corrected chi connectivity index (χ3v) is 3.62. The van der Waals surface area contributed by atoms with Crippen LogP contribution >= 0.6 is 0 Å². The minimum atomic E-state index is 0.00974. The average Bonchev–Trinajstić information content (AvgIpc) is 2.91. The van der Waals surface area contributed by atoms with E-state index in [-0.39, 0.29) is 5.91 Å². The molecule has 0 unspecified atom stereocenters. The van der Waals surface area contributed by atoms with Crippen molar-refractivity contribution in [3.63, 3.8) is 0 Å². The van der Waals surface area contributed by atoms with E-state index in [9.17, 15) is 4.79 Å². The molecule has 0 saturated carbocycles. The summed E-state index contributed by atoms with van der Waals surface area (Å²) in [6.45, 7) is 2.08. The van der Waals surface area contributed by atoms with Crippen LogP contribution in [0.4, 0.5) is 5.82 Å². The number of hydrogen-bond donors (Lipinski definition) is 1. The monoisotopic (exact) mass is 293 g/mol. The van der Waals surface area contributed by atoms with Crippen LogP contribution in [0.15, 0.2) is 54.9 Å². The molecule has 0 radical (unpaired) electrons. The number of aromatic nitrogens is 2. The summed E-state index contributed by atoms with van der Waals surface area (Å²) in [4.78, 5) is 16.3. The molecule has 22 heavy (non-hydrogen) atoms. The molecule has 0 fully saturated rings. The second kappa shape index (κ2) is 6.43. The molecule has 4 heteroatoms. The van der Waals surface area contributed by atoms with Gasteiger partial charge in [-0.05, 0) is 37.5 Å². The molecular formula is C18H19N3O. The van der Waals surface area contributed by atoms with Crippen molar-refractivity contribution < 1.29 is 4.79 Å². The van der Waals surface area contributed by atoms with E-state index >= 15 is 0 Å². The first-order valence-corrected chi connectivity index (χ1v) is 7.50. The summed E-state index contributed by atoms with van der Waals surface area (Å²) in [5.74, 6) is 0.613. The molecule has 3 rings (SSSR count). The summed E-state index contributed by atoms with van der Waals surface area (Å²) in [6, 6.07) is 14.2. The molecule has 112 valence electrons. The van der Waals surface area contributed by atoms with E-state index in [0.29, 0.717) is 12.2 Å². The van der Waals surface area contributed by atoms with Gasteiger partial charge in [-0.15, -0.1) is 0 Å². The number of benzene rings is 1. The first kappa shape index (κ1) is 14.3. The van der Waals surface area contributed by atoms with Crippen LogP contribution in [0.5, 0.6) is 0 Å². The van der Waals surface area contributed by atoms with Crippen molar-refractivity contribution in [2.45, 2.75) is 26.2 Å². The van der Waals surface area contributed by atoms with E-state index in [1.807, 2.05) is 35.0 Å². The van der Waals surface area contributed by atoms with E-state index in [0.717, 1.165) is 18.5 Å². The Labute approximate surface area is 129 Å². The molecule has 1 N–H and O–H groups in total. The number of rotatable bonds is 5. The van der Waals surface area contributed by atoms with Gasteiger partial charge in [-0.2, -0.15) is 0 Å². The number of imidazole rings is 1. The van der Waals surface area contributed by atoms with Gasteiger partial charge in [0.1, 0.15) is 5.65 Å². The molecule has 0 aliphatic rings. The number of nitrogens with one attached hydrogen (secondary N) is 1. The Morgan fingerprint density at radius 2 is 2.00 bits per heavy atom. The Hall–Kier alpha value is -2.62. The molecule has 2 heterocycles. The summed E-state index contributed by atoms with van der Waals surface area (Å²) in [5.41, 5.74) is 3.36. The predicted molar refractivity (Wildman–Crippen MR) is 87.9 cm³/mol. The van der Waals surface area contributed by atoms with E-state index in [1.165, 1.54) is 11.1 Å². The molecule has 0 saturated heterocycles. The van der Waals surface area contributed by atoms with Gasteiger partial charge >= 0.3 is 0 Å². The fourth-order valence-electron chi connectivity index (χ4n) is 2.41. The minimum absolute atomic E-state index is 0.00974. The van der Waals surface area contributed by atoms with Crippen molar-refractivity contribution in [3.8, 4) is 0 Å². The molecule has 2 aromatic heterocycles. The van der Waals surface area contributed by atoms with Crippen molar-refractivity contribution in [1.29, 1.82) is 0 Å². The molecule has 0 spiro atoms. The quantitative estimate of drug-likeness (QED) is 0.781. The normalized spacial score (nSPS) is 10.8. The zero-order chi connectivity index (χ0) is 15.4. The molecule has 0 bridgehead atoms. The number of hydrogen-bond acceptors (Lipinski definition) is 2. The molecule has 3 aromatic rings. The van der Waals surface area contributed by atoms with Crippen LogP contribution in [-0.2, 0) is 11.2 Å². The average molecular weight is 293 g/mol. The van der Waals surface area contributed by atoms with Crippen LogP contribution in [0, 0.1) is 6.92 Å². The lowest BCUT2D eigenvalue weighted by Gasteiger charge is -2.03. The van der Waals surface area contributed by atoms with Gasteiger partial charge in [0, 0.05) is 12.6 Å². The predicted octanol–water partition coefficient (Wildman–Crippen LogP) is 3.60. The molecule has 0 atom stereocenters. The third-order valence-electron chi connectivity index (χ3n) is 3.62. The summed E-state index contributed by atoms with van der Waals surface area (Å²) in [7, 11) is 0. The number of aryl methyl sites for hydroxylation is 2. The highest BCUT2D eigenvalue weighted by molar-refractivity contribution is 5.89. The van der Waals surface area contributed by atoms with Crippen molar-refractivity contribution in [2.24, 2.45) is 0 Å². The van der Waals surface area contributed by atoms with Gasteiger partial charge < -0.3 is 9.72 Å². The Bertz CT molecular complexity index is 741. The summed E-state index contributed by atoms with van der Waals surface area (Å²) in [5, 5.41) is 2.86. The first-order valence-electron chi connectivity index (χ1n) is 7.50. The Balaban J connectivity index is 1.50. The second-order valence-corrected chi connectivity index (χ2v) is 5.48. The van der Waals surface area contributed by atoms with Gasteiger partial charge in [-0.25, -0.2) is 4.98 Å². The van der Waals surface area contributed by atoms with Gasteiger partial charge in [-0.3, -0.25) is 4.79 Å². The van der Waals surface area contributed by atoms with Crippen molar-refractivity contribution in [1.82, 2.24) is 9.38 Å². The van der Waals surface area contributed by atoms with Gasteiger partial charge in [0.2, 0.25) is 5.91 Å². The van der Waals surface area contributed by atoms with Crippen molar-refractivity contribution in [3.05, 3.63) is 66.0 Å². The van der Waals surface area contributed by atoms with Gasteiger partial charge in [0.25, 0.3) is 0 Å². The van der Waals surface area contributed by atoms with Crippen LogP contribution in [-0.4, -0.2) is 15.3 Å². The number of nitrogens with zero attached hydrogens (tertiary/aromatic N) is 2. The van der Waals surface area contributed by atoms with E-state index in [2.05, 4.69) is 41.5 Å². The highest BCUT2D eigenvalue weighted by atomic mass is 16.1. The molecule has 0 aliphatic carbocycles. The van der Waals surface area contributed by atoms with E-state index in [1.54, 1.807) is 0 Å². The van der Waals surface area contributed by atoms with Gasteiger partial charge in [0.15, 0.2) is 5.82 Å². The lowest BCUT2D eigenvalue weighted by atomic mass is 10.1. The Morgan fingerprint density at radius 3 is 2.77 bits per heavy atom. The van der Waals surface area contributed by atoms with Crippen LogP contribution in [0.1, 0.15) is 24.0 Å². The lowest BCUT2D eigenvalue weighted by molar-refractivity contribution is -0.116. The number of amides is 1. The van der Waals surface area contributed by atoms with E-state index < -0.39 is 0 Å². The zero-order valence-electron chi connectivity index (χ0n) is 12.6. The van der Waals surface area contributed by atoms with Gasteiger partial charge in [-0.1, -0.05) is 35.9 Å². The van der Waals surface area contributed by atoms with Crippen LogP contribution in [0.3, 0.4) is 0 Å². The third kappa shape index (κ3) is 3.52. The second-order valence-electron chi connectivity index (χ2n) is 5.48. The summed E-state index contributed by atoms with van der Waals surface area (Å²) in [6.07, 6.45) is 5.99. The molecule has 1 amide bonds. The highest BCUT2D eigenvalue weighted by Gasteiger charge is 2.06. The molecule has 1 aromatic carbocycles. The maximum Gasteiger partial charge on any atom is 0.225 e. The number of carbonyl (C=O) groups is 1. The fraction of sp³-hybridized carbons (Fsp3) is 0.222. The smallest absolute Gasteiger partial charge is 0.225 e. The number of pyridine rings is 1. The topological polar surface area (TPSA) is 46.4 Å². The van der Waals surface area contributed by atoms with Gasteiger partial charge in [0.05, 0.1) is 6.20 Å². The van der Waals surface area contributed by atoms with Crippen LogP contribution in [0.25, 0.3) is 5.65 Å². The summed E-state index contributed by atoms with van der Waals surface area (Å²) < 4.78 is 1.89. The standard InChI is InChI=1S/C18H19N3O/c1-14-8-10-15(11-9-14)5-4-7-18(22)20-16-13-21-12-3-2-6-17(21)19-16/h2-3,6,8-13H,4-5,7H2,1H3,(H,20,22). The van der Waals surface area contributed by atoms with Crippen molar-refractivity contribution in [2.75, 3.05) is 5.32 Å². The summed E-state index contributed by atoms with van der Waals surface area (Å²) >= 11 is 0. The minimum Gasteiger partial charge on any atom is -0.309 e. The Morgan fingerprint density at radius 1 is 1.18 bits per heavy atom. The SMILES string of the molecule is Cc1ccc(CCCC(=O)Nc2cn3ccccc3n2)cc1. The highest BCUT2D eigenvalue weighted by Crippen LogP contribution is 2.11. The number of fused-ring (bicyclic) bond motifs is 1. The first-order chi connectivity index (χ1) is 10.7. The zero-order valence-corrected chi connectivity index (χ0v) is 12.6. The molecule has 4 nitrogen and oxygen atoms in total.